The van der Waals surface area contributed by atoms with Gasteiger partial charge < -0.3 is 14.2 Å². The van der Waals surface area contributed by atoms with Crippen LogP contribution in [0, 0.1) is 0 Å². The van der Waals surface area contributed by atoms with Crippen LogP contribution < -0.4 is 0 Å². The van der Waals surface area contributed by atoms with Gasteiger partial charge in [-0.3, -0.25) is 14.4 Å². The van der Waals surface area contributed by atoms with Crippen molar-refractivity contribution in [3.05, 3.63) is 72.9 Å². The van der Waals surface area contributed by atoms with E-state index in [1.54, 1.807) is 0 Å². The van der Waals surface area contributed by atoms with Crippen LogP contribution >= 0.6 is 0 Å². The fourth-order valence-corrected chi connectivity index (χ4v) is 8.30. The van der Waals surface area contributed by atoms with E-state index in [1.807, 2.05) is 0 Å². The maximum atomic E-state index is 12.9. The molecule has 6 nitrogen and oxygen atoms in total. The predicted molar refractivity (Wildman–Crippen MR) is 298 cm³/mol. The zero-order valence-corrected chi connectivity index (χ0v) is 45.6. The van der Waals surface area contributed by atoms with Gasteiger partial charge in [0.05, 0.1) is 0 Å². The molecule has 0 rings (SSSR count). The van der Waals surface area contributed by atoms with Gasteiger partial charge in [0.25, 0.3) is 0 Å². The van der Waals surface area contributed by atoms with Crippen LogP contribution in [0.4, 0.5) is 0 Å². The van der Waals surface area contributed by atoms with Gasteiger partial charge in [-0.1, -0.05) is 261 Å². The summed E-state index contributed by atoms with van der Waals surface area (Å²) in [7, 11) is 0. The van der Waals surface area contributed by atoms with Crippen LogP contribution in [0.2, 0.25) is 0 Å². The summed E-state index contributed by atoms with van der Waals surface area (Å²) in [5, 5.41) is 0. The summed E-state index contributed by atoms with van der Waals surface area (Å²) in [6.45, 7) is 6.48. The van der Waals surface area contributed by atoms with E-state index in [0.717, 1.165) is 83.5 Å². The lowest BCUT2D eigenvalue weighted by atomic mass is 10.0. The average Bonchev–Trinajstić information content (AvgIpc) is 3.35. The number of ether oxygens (including phenoxy) is 3. The number of esters is 3. The number of hydrogen-bond donors (Lipinski definition) is 0. The quantitative estimate of drug-likeness (QED) is 0.0262. The minimum atomic E-state index is -0.800. The van der Waals surface area contributed by atoms with Gasteiger partial charge in [0.15, 0.2) is 6.10 Å². The molecule has 0 saturated heterocycles. The molecule has 0 spiro atoms. The van der Waals surface area contributed by atoms with E-state index in [-0.39, 0.29) is 37.5 Å². The molecule has 0 saturated carbocycles. The normalized spacial score (nSPS) is 12.6. The van der Waals surface area contributed by atoms with Crippen LogP contribution in [0.25, 0.3) is 0 Å². The minimum absolute atomic E-state index is 0.0953. The van der Waals surface area contributed by atoms with Crippen LogP contribution in [0.5, 0.6) is 0 Å². The Bertz CT molecular complexity index is 1290. The zero-order chi connectivity index (χ0) is 50.0. The Hall–Kier alpha value is -3.15. The van der Waals surface area contributed by atoms with Crippen LogP contribution in [0.3, 0.4) is 0 Å². The van der Waals surface area contributed by atoms with E-state index >= 15 is 0 Å². The molecule has 398 valence electrons. The van der Waals surface area contributed by atoms with Crippen molar-refractivity contribution in [1.29, 1.82) is 0 Å². The zero-order valence-electron chi connectivity index (χ0n) is 45.6. The van der Waals surface area contributed by atoms with Gasteiger partial charge in [-0.15, -0.1) is 0 Å². The first-order valence-corrected chi connectivity index (χ1v) is 29.4. The molecule has 0 aliphatic heterocycles. The van der Waals surface area contributed by atoms with Crippen LogP contribution in [0.1, 0.15) is 290 Å². The number of rotatable bonds is 53. The Labute approximate surface area is 427 Å². The maximum absolute atomic E-state index is 12.9. The first kappa shape index (κ1) is 65.8. The van der Waals surface area contributed by atoms with Gasteiger partial charge in [-0.2, -0.15) is 0 Å². The molecule has 0 radical (unpaired) electrons. The Morgan fingerprint density at radius 3 is 0.971 bits per heavy atom. The number of hydrogen-bond acceptors (Lipinski definition) is 6. The summed E-state index contributed by atoms with van der Waals surface area (Å²) in [5.74, 6) is -0.953. The molecule has 69 heavy (non-hydrogen) atoms. The van der Waals surface area contributed by atoms with Gasteiger partial charge in [-0.05, 0) is 83.5 Å². The van der Waals surface area contributed by atoms with E-state index < -0.39 is 6.10 Å². The molecule has 0 aromatic carbocycles. The lowest BCUT2D eigenvalue weighted by Crippen LogP contribution is -2.30. The molecular weight excluding hydrogens is 853 g/mol. The standard InChI is InChI=1S/C63H110O6/c1-4-7-10-13-16-19-22-25-27-29-30-31-32-34-36-39-42-45-48-51-54-57-63(66)69-60(58-67-61(64)55-52-49-46-43-40-37-24-21-18-15-12-9-6-3)59-68-62(65)56-53-50-47-44-41-38-35-33-28-26-23-20-17-14-11-8-5-2/h8,11,17,20-21,24,26,28,35,38,44,47,60H,4-7,9-10,12-16,18-19,22-23,25,27,29-34,36-37,39-43,45-46,48-59H2,1-3H3/b11-8-,20-17-,24-21-,28-26-,38-35-,47-44-/t60-/m0/s1. The summed E-state index contributed by atoms with van der Waals surface area (Å²) in [6.07, 6.45) is 73.3. The second kappa shape index (κ2) is 57.4. The first-order chi connectivity index (χ1) is 34.0. The molecule has 0 aliphatic rings. The first-order valence-electron chi connectivity index (χ1n) is 29.4. The van der Waals surface area contributed by atoms with Gasteiger partial charge in [-0.25, -0.2) is 0 Å². The smallest absolute Gasteiger partial charge is 0.306 e. The highest BCUT2D eigenvalue weighted by molar-refractivity contribution is 5.71. The lowest BCUT2D eigenvalue weighted by Gasteiger charge is -2.18. The number of carbonyl (C=O) groups is 3. The molecule has 0 heterocycles. The molecule has 1 atom stereocenters. The minimum Gasteiger partial charge on any atom is -0.462 e. The van der Waals surface area contributed by atoms with Gasteiger partial charge in [0, 0.05) is 19.3 Å². The van der Waals surface area contributed by atoms with E-state index in [0.29, 0.717) is 19.3 Å². The van der Waals surface area contributed by atoms with E-state index in [4.69, 9.17) is 14.2 Å². The van der Waals surface area contributed by atoms with Crippen molar-refractivity contribution >= 4 is 17.9 Å². The van der Waals surface area contributed by atoms with Gasteiger partial charge in [0.2, 0.25) is 0 Å². The van der Waals surface area contributed by atoms with Crippen molar-refractivity contribution in [3.8, 4) is 0 Å². The SMILES string of the molecule is CC/C=C\C/C=C\C/C=C\C/C=C\C/C=C\CCCC(=O)OC[C@H](COC(=O)CCCCCCC/C=C\CCCCCC)OC(=O)CCCCCCCCCCCCCCCCCCCCCCC. The van der Waals surface area contributed by atoms with Crippen molar-refractivity contribution in [3.63, 3.8) is 0 Å². The Morgan fingerprint density at radius 1 is 0.304 bits per heavy atom. The highest BCUT2D eigenvalue weighted by Crippen LogP contribution is 2.16. The summed E-state index contributed by atoms with van der Waals surface area (Å²) in [6, 6.07) is 0. The maximum Gasteiger partial charge on any atom is 0.306 e. The molecule has 0 aromatic heterocycles. The fourth-order valence-electron chi connectivity index (χ4n) is 8.30. The van der Waals surface area contributed by atoms with E-state index in [9.17, 15) is 14.4 Å². The van der Waals surface area contributed by atoms with Crippen molar-refractivity contribution in [1.82, 2.24) is 0 Å². The average molecular weight is 964 g/mol. The molecule has 6 heteroatoms. The molecule has 0 fully saturated rings. The Morgan fingerprint density at radius 2 is 0.580 bits per heavy atom. The van der Waals surface area contributed by atoms with Crippen molar-refractivity contribution in [2.24, 2.45) is 0 Å². The Balaban J connectivity index is 4.40. The van der Waals surface area contributed by atoms with E-state index in [1.165, 1.54) is 161 Å². The molecular formula is C63H110O6. The predicted octanol–water partition coefficient (Wildman–Crippen LogP) is 19.8. The molecule has 0 unspecified atom stereocenters. The molecule has 0 aromatic rings. The third-order valence-electron chi connectivity index (χ3n) is 12.7. The molecule has 0 N–H and O–H groups in total. The van der Waals surface area contributed by atoms with Crippen LogP contribution in [0.15, 0.2) is 72.9 Å². The number of allylic oxidation sites excluding steroid dienone is 12. The third kappa shape index (κ3) is 55.6. The number of unbranched alkanes of at least 4 members (excludes halogenated alkanes) is 30. The topological polar surface area (TPSA) is 78.9 Å². The van der Waals surface area contributed by atoms with Crippen LogP contribution in [-0.2, 0) is 28.6 Å². The molecule has 0 bridgehead atoms. The summed E-state index contributed by atoms with van der Waals surface area (Å²) in [5.41, 5.74) is 0. The molecule has 0 amide bonds. The van der Waals surface area contributed by atoms with Crippen molar-refractivity contribution < 1.29 is 28.6 Å². The van der Waals surface area contributed by atoms with Crippen molar-refractivity contribution in [2.75, 3.05) is 13.2 Å². The second-order valence-corrected chi connectivity index (χ2v) is 19.5. The lowest BCUT2D eigenvalue weighted by molar-refractivity contribution is -0.167. The van der Waals surface area contributed by atoms with Gasteiger partial charge >= 0.3 is 17.9 Å². The van der Waals surface area contributed by atoms with Gasteiger partial charge in [0.1, 0.15) is 13.2 Å². The molecule has 0 aliphatic carbocycles. The van der Waals surface area contributed by atoms with Crippen LogP contribution in [-0.4, -0.2) is 37.2 Å². The van der Waals surface area contributed by atoms with E-state index in [2.05, 4.69) is 93.7 Å². The third-order valence-corrected chi connectivity index (χ3v) is 12.7. The fraction of sp³-hybridized carbons (Fsp3) is 0.762. The van der Waals surface area contributed by atoms with Crippen molar-refractivity contribution in [2.45, 2.75) is 297 Å². The second-order valence-electron chi connectivity index (χ2n) is 19.5. The highest BCUT2D eigenvalue weighted by Gasteiger charge is 2.19. The highest BCUT2D eigenvalue weighted by atomic mass is 16.6. The summed E-state index contributed by atoms with van der Waals surface area (Å²) < 4.78 is 16.8. The monoisotopic (exact) mass is 963 g/mol. The summed E-state index contributed by atoms with van der Waals surface area (Å²) in [4.78, 5) is 38.1. The largest absolute Gasteiger partial charge is 0.462 e. The Kier molecular flexibility index (Phi) is 54.8. The summed E-state index contributed by atoms with van der Waals surface area (Å²) >= 11 is 0. The number of carbonyl (C=O) groups excluding carboxylic acids is 3.